The van der Waals surface area contributed by atoms with Gasteiger partial charge in [-0.1, -0.05) is 12.1 Å². The number of benzene rings is 2. The van der Waals surface area contributed by atoms with Crippen LogP contribution < -0.4 is 9.64 Å². The number of anilines is 1. The van der Waals surface area contributed by atoms with Crippen molar-refractivity contribution in [1.82, 2.24) is 15.0 Å². The maximum Gasteiger partial charge on any atom is 0.433 e. The smallest absolute Gasteiger partial charge is 0.433 e. The van der Waals surface area contributed by atoms with Gasteiger partial charge in [0.1, 0.15) is 23.6 Å². The van der Waals surface area contributed by atoms with Crippen molar-refractivity contribution in [1.29, 1.82) is 0 Å². The fourth-order valence-electron chi connectivity index (χ4n) is 3.96. The number of rotatable bonds is 8. The molecule has 2 aromatic carbocycles. The number of fused-ring (bicyclic) bond motifs is 1. The third-order valence-corrected chi connectivity index (χ3v) is 6.14. The standard InChI is InChI=1S/C28H27F3N4O2/c1-17-12-25(37-27-23-9-7-21(35(3)4)14-24(23)33-16-34-27)18(2)11-20(17)13-22(36)8-5-19-6-10-26(32-15-19)28(29,30)31/h6-7,9-12,14-16H,5,8,13H2,1-4H3. The number of Topliss-reactive ketones (excluding diaryl/α,β-unsaturated/α-hetero) is 1. The lowest BCUT2D eigenvalue weighted by atomic mass is 9.97. The number of ketones is 1. The molecule has 2 heterocycles. The molecule has 0 amide bonds. The molecule has 2 aromatic heterocycles. The van der Waals surface area contributed by atoms with Gasteiger partial charge in [-0.05, 0) is 72.9 Å². The number of carbonyl (C=O) groups is 1. The normalized spacial score (nSPS) is 11.5. The summed E-state index contributed by atoms with van der Waals surface area (Å²) < 4.78 is 44.2. The maximum atomic E-state index is 12.7. The van der Waals surface area contributed by atoms with Crippen molar-refractivity contribution in [2.45, 2.75) is 39.3 Å². The van der Waals surface area contributed by atoms with Gasteiger partial charge in [-0.3, -0.25) is 9.78 Å². The largest absolute Gasteiger partial charge is 0.438 e. The van der Waals surface area contributed by atoms with Crippen LogP contribution in [0.5, 0.6) is 11.6 Å². The summed E-state index contributed by atoms with van der Waals surface area (Å²) in [5, 5.41) is 0.794. The predicted octanol–water partition coefficient (Wildman–Crippen LogP) is 6.26. The summed E-state index contributed by atoms with van der Waals surface area (Å²) >= 11 is 0. The van der Waals surface area contributed by atoms with E-state index in [0.717, 1.165) is 39.3 Å². The molecule has 0 aliphatic rings. The molecule has 0 aliphatic heterocycles. The van der Waals surface area contributed by atoms with E-state index in [1.165, 1.54) is 18.6 Å². The zero-order valence-electron chi connectivity index (χ0n) is 21.1. The molecular formula is C28H27F3N4O2. The fourth-order valence-corrected chi connectivity index (χ4v) is 3.96. The molecule has 0 fully saturated rings. The van der Waals surface area contributed by atoms with E-state index in [1.54, 1.807) is 0 Å². The van der Waals surface area contributed by atoms with Crippen molar-refractivity contribution < 1.29 is 22.7 Å². The van der Waals surface area contributed by atoms with Crippen LogP contribution in [0, 0.1) is 13.8 Å². The Morgan fingerprint density at radius 3 is 2.43 bits per heavy atom. The fraction of sp³-hybridized carbons (Fsp3) is 0.286. The number of hydrogen-bond acceptors (Lipinski definition) is 6. The number of aromatic nitrogens is 3. The van der Waals surface area contributed by atoms with Gasteiger partial charge in [0.2, 0.25) is 5.88 Å². The molecule has 0 saturated heterocycles. The molecule has 0 N–H and O–H groups in total. The van der Waals surface area contributed by atoms with Gasteiger partial charge in [0.05, 0.1) is 10.9 Å². The van der Waals surface area contributed by atoms with Gasteiger partial charge in [0.25, 0.3) is 0 Å². The minimum Gasteiger partial charge on any atom is -0.438 e. The summed E-state index contributed by atoms with van der Waals surface area (Å²) in [4.78, 5) is 26.7. The number of hydrogen-bond donors (Lipinski definition) is 0. The molecule has 0 spiro atoms. The first kappa shape index (κ1) is 26.1. The van der Waals surface area contributed by atoms with Gasteiger partial charge in [-0.25, -0.2) is 9.97 Å². The van der Waals surface area contributed by atoms with Gasteiger partial charge in [-0.15, -0.1) is 0 Å². The van der Waals surface area contributed by atoms with Crippen molar-refractivity contribution in [3.8, 4) is 11.6 Å². The summed E-state index contributed by atoms with van der Waals surface area (Å²) in [5.74, 6) is 1.09. The van der Waals surface area contributed by atoms with E-state index >= 15 is 0 Å². The topological polar surface area (TPSA) is 68.2 Å². The number of nitrogens with zero attached hydrogens (tertiary/aromatic N) is 4. The van der Waals surface area contributed by atoms with Gasteiger partial charge in [0.15, 0.2) is 0 Å². The lowest BCUT2D eigenvalue weighted by Crippen LogP contribution is -2.09. The molecule has 9 heteroatoms. The van der Waals surface area contributed by atoms with Crippen molar-refractivity contribution in [2.24, 2.45) is 0 Å². The lowest BCUT2D eigenvalue weighted by molar-refractivity contribution is -0.141. The second kappa shape index (κ2) is 10.5. The van der Waals surface area contributed by atoms with E-state index in [2.05, 4.69) is 15.0 Å². The van der Waals surface area contributed by atoms with Crippen molar-refractivity contribution in [3.05, 3.63) is 82.9 Å². The lowest BCUT2D eigenvalue weighted by Gasteiger charge is -2.15. The third kappa shape index (κ3) is 6.22. The zero-order valence-corrected chi connectivity index (χ0v) is 21.1. The first-order valence-corrected chi connectivity index (χ1v) is 11.7. The quantitative estimate of drug-likeness (QED) is 0.280. The van der Waals surface area contributed by atoms with Crippen LogP contribution >= 0.6 is 0 Å². The minimum absolute atomic E-state index is 0.00504. The monoisotopic (exact) mass is 508 g/mol. The number of aryl methyl sites for hydroxylation is 3. The highest BCUT2D eigenvalue weighted by Crippen LogP contribution is 2.32. The highest BCUT2D eigenvalue weighted by molar-refractivity contribution is 5.86. The predicted molar refractivity (Wildman–Crippen MR) is 136 cm³/mol. The molecular weight excluding hydrogens is 481 g/mol. The third-order valence-electron chi connectivity index (χ3n) is 6.14. The second-order valence-corrected chi connectivity index (χ2v) is 9.19. The Hall–Kier alpha value is -4.01. The molecule has 192 valence electrons. The number of alkyl halides is 3. The Bertz CT molecular complexity index is 1430. The number of halogens is 3. The Morgan fingerprint density at radius 2 is 1.76 bits per heavy atom. The van der Waals surface area contributed by atoms with Crippen LogP contribution in [0.1, 0.15) is 34.4 Å². The molecule has 0 saturated carbocycles. The average Bonchev–Trinajstić information content (AvgIpc) is 2.85. The van der Waals surface area contributed by atoms with E-state index in [-0.39, 0.29) is 18.6 Å². The highest BCUT2D eigenvalue weighted by Gasteiger charge is 2.32. The Labute approximate surface area is 213 Å². The van der Waals surface area contributed by atoms with Crippen LogP contribution in [-0.4, -0.2) is 34.8 Å². The van der Waals surface area contributed by atoms with Crippen LogP contribution in [0.3, 0.4) is 0 Å². The first-order chi connectivity index (χ1) is 17.5. The highest BCUT2D eigenvalue weighted by atomic mass is 19.4. The average molecular weight is 509 g/mol. The van der Waals surface area contributed by atoms with E-state index < -0.39 is 11.9 Å². The first-order valence-electron chi connectivity index (χ1n) is 11.7. The molecule has 0 bridgehead atoms. The van der Waals surface area contributed by atoms with E-state index in [4.69, 9.17) is 4.74 Å². The van der Waals surface area contributed by atoms with E-state index in [1.807, 2.05) is 63.2 Å². The van der Waals surface area contributed by atoms with Crippen molar-refractivity contribution in [2.75, 3.05) is 19.0 Å². The number of carbonyl (C=O) groups excluding carboxylic acids is 1. The van der Waals surface area contributed by atoms with Crippen molar-refractivity contribution in [3.63, 3.8) is 0 Å². The maximum absolute atomic E-state index is 12.7. The number of ether oxygens (including phenoxy) is 1. The van der Waals surface area contributed by atoms with Crippen molar-refractivity contribution >= 4 is 22.4 Å². The summed E-state index contributed by atoms with van der Waals surface area (Å²) in [5.41, 5.74) is 4.08. The number of pyridine rings is 1. The summed E-state index contributed by atoms with van der Waals surface area (Å²) in [7, 11) is 3.92. The van der Waals surface area contributed by atoms with Crippen LogP contribution in [0.2, 0.25) is 0 Å². The van der Waals surface area contributed by atoms with E-state index in [0.29, 0.717) is 23.6 Å². The van der Waals surface area contributed by atoms with Gasteiger partial charge < -0.3 is 9.64 Å². The van der Waals surface area contributed by atoms with Gasteiger partial charge in [-0.2, -0.15) is 13.2 Å². The molecule has 37 heavy (non-hydrogen) atoms. The molecule has 0 radical (unpaired) electrons. The summed E-state index contributed by atoms with van der Waals surface area (Å²) in [6.07, 6.45) is -1.06. The summed E-state index contributed by atoms with van der Waals surface area (Å²) in [6.45, 7) is 3.82. The van der Waals surface area contributed by atoms with Crippen LogP contribution in [-0.2, 0) is 23.8 Å². The Balaban J connectivity index is 1.44. The molecule has 0 aliphatic carbocycles. The van der Waals surface area contributed by atoms with E-state index in [9.17, 15) is 18.0 Å². The van der Waals surface area contributed by atoms with Gasteiger partial charge >= 0.3 is 6.18 Å². The molecule has 4 aromatic rings. The Kier molecular flexibility index (Phi) is 7.42. The zero-order chi connectivity index (χ0) is 26.7. The van der Waals surface area contributed by atoms with Gasteiger partial charge in [0, 0.05) is 38.8 Å². The minimum atomic E-state index is -4.48. The van der Waals surface area contributed by atoms with Crippen LogP contribution in [0.4, 0.5) is 18.9 Å². The Morgan fingerprint density at radius 1 is 0.973 bits per heavy atom. The molecule has 0 atom stereocenters. The molecule has 0 unspecified atom stereocenters. The summed E-state index contributed by atoms with van der Waals surface area (Å²) in [6, 6.07) is 12.0. The van der Waals surface area contributed by atoms with Crippen LogP contribution in [0.25, 0.3) is 10.9 Å². The second-order valence-electron chi connectivity index (χ2n) is 9.19. The molecule has 4 rings (SSSR count). The van der Waals surface area contributed by atoms with Crippen LogP contribution in [0.15, 0.2) is 55.0 Å². The molecule has 6 nitrogen and oxygen atoms in total. The SMILES string of the molecule is Cc1cc(Oc2ncnc3cc(N(C)C)ccc23)c(C)cc1CC(=O)CCc1ccc(C(F)(F)F)nc1.